The molecule has 0 aromatic carbocycles. The maximum atomic E-state index is 12.3. The van der Waals surface area contributed by atoms with Crippen molar-refractivity contribution in [3.8, 4) is 11.3 Å². The number of anilines is 1. The molecule has 3 aliphatic carbocycles. The summed E-state index contributed by atoms with van der Waals surface area (Å²) in [5.41, 5.74) is 1.52. The van der Waals surface area contributed by atoms with E-state index in [1.54, 1.807) is 12.5 Å². The van der Waals surface area contributed by atoms with Crippen LogP contribution in [-0.4, -0.2) is 29.1 Å². The van der Waals surface area contributed by atoms with Gasteiger partial charge in [0.05, 0.1) is 31.2 Å². The number of ether oxygens (including phenoxy) is 1. The summed E-state index contributed by atoms with van der Waals surface area (Å²) < 4.78 is 10.2. The van der Waals surface area contributed by atoms with Gasteiger partial charge in [-0.15, -0.1) is 0 Å². The predicted octanol–water partition coefficient (Wildman–Crippen LogP) is 3.78. The summed E-state index contributed by atoms with van der Waals surface area (Å²) in [6.45, 7) is 0. The summed E-state index contributed by atoms with van der Waals surface area (Å²) in [4.78, 5) is 20.9. The summed E-state index contributed by atoms with van der Waals surface area (Å²) >= 11 is 6.11. The topological polar surface area (TPSA) is 77.2 Å². The summed E-state index contributed by atoms with van der Waals surface area (Å²) in [6.07, 6.45) is 7.64. The van der Waals surface area contributed by atoms with Crippen LogP contribution in [0.1, 0.15) is 25.7 Å². The van der Waals surface area contributed by atoms with Crippen molar-refractivity contribution in [1.29, 1.82) is 0 Å². The Hall–Kier alpha value is -2.08. The number of nitrogens with zero attached hydrogens (tertiary/aromatic N) is 2. The molecule has 3 saturated carbocycles. The van der Waals surface area contributed by atoms with Gasteiger partial charge < -0.3 is 14.5 Å². The van der Waals surface area contributed by atoms with Gasteiger partial charge in [0, 0.05) is 17.7 Å². The Morgan fingerprint density at radius 3 is 2.72 bits per heavy atom. The average molecular weight is 362 g/mol. The number of methoxy groups -OCH3 is 1. The number of nitrogens with one attached hydrogen (secondary N) is 1. The van der Waals surface area contributed by atoms with Crippen LogP contribution in [0.15, 0.2) is 29.1 Å². The Labute approximate surface area is 150 Å². The van der Waals surface area contributed by atoms with Crippen molar-refractivity contribution < 1.29 is 13.9 Å². The standard InChI is InChI=1S/C18H20ClN3O3/c1-24-17(23)15-10-2-4-11(5-3-10)16(15)21-14-8-13(20-18(19)22-14)12-6-7-25-9-12/h6-11,15-16H,2-5H2,1H3,(H,20,21,22). The monoisotopic (exact) mass is 361 g/mol. The lowest BCUT2D eigenvalue weighted by atomic mass is 9.61. The molecule has 3 aliphatic rings. The van der Waals surface area contributed by atoms with Gasteiger partial charge in [0.2, 0.25) is 5.28 Å². The van der Waals surface area contributed by atoms with Gasteiger partial charge in [-0.25, -0.2) is 9.97 Å². The number of hydrogen-bond acceptors (Lipinski definition) is 6. The zero-order chi connectivity index (χ0) is 17.4. The van der Waals surface area contributed by atoms with Crippen LogP contribution in [0.4, 0.5) is 5.82 Å². The number of furan rings is 1. The van der Waals surface area contributed by atoms with Crippen molar-refractivity contribution in [2.45, 2.75) is 31.7 Å². The maximum Gasteiger partial charge on any atom is 0.311 e. The van der Waals surface area contributed by atoms with E-state index in [0.29, 0.717) is 23.3 Å². The number of carbonyl (C=O) groups is 1. The molecule has 3 fully saturated rings. The van der Waals surface area contributed by atoms with Gasteiger partial charge in [0.25, 0.3) is 0 Å². The van der Waals surface area contributed by atoms with Crippen LogP contribution in [0, 0.1) is 17.8 Å². The van der Waals surface area contributed by atoms with E-state index in [9.17, 15) is 4.79 Å². The van der Waals surface area contributed by atoms with Crippen molar-refractivity contribution in [2.75, 3.05) is 12.4 Å². The van der Waals surface area contributed by atoms with E-state index in [4.69, 9.17) is 20.8 Å². The normalized spacial score (nSPS) is 27.9. The first-order chi connectivity index (χ1) is 12.2. The van der Waals surface area contributed by atoms with Crippen LogP contribution in [-0.2, 0) is 9.53 Å². The second-order valence-electron chi connectivity index (χ2n) is 6.81. The average Bonchev–Trinajstić information content (AvgIpc) is 3.16. The summed E-state index contributed by atoms with van der Waals surface area (Å²) in [7, 11) is 1.46. The lowest BCUT2D eigenvalue weighted by molar-refractivity contribution is -0.152. The first-order valence-corrected chi connectivity index (χ1v) is 8.95. The third kappa shape index (κ3) is 3.11. The van der Waals surface area contributed by atoms with E-state index in [0.717, 1.165) is 31.2 Å². The minimum absolute atomic E-state index is 0.0168. The lowest BCUT2D eigenvalue weighted by Crippen LogP contribution is -2.51. The van der Waals surface area contributed by atoms with Crippen LogP contribution in [0.25, 0.3) is 11.3 Å². The van der Waals surface area contributed by atoms with E-state index in [2.05, 4.69) is 15.3 Å². The highest BCUT2D eigenvalue weighted by atomic mass is 35.5. The molecule has 7 heteroatoms. The van der Waals surface area contributed by atoms with Crippen molar-refractivity contribution in [1.82, 2.24) is 9.97 Å². The van der Waals surface area contributed by atoms with Crippen LogP contribution in [0.5, 0.6) is 0 Å². The molecule has 2 bridgehead atoms. The minimum atomic E-state index is -0.137. The molecule has 2 heterocycles. The molecule has 2 unspecified atom stereocenters. The van der Waals surface area contributed by atoms with E-state index < -0.39 is 0 Å². The van der Waals surface area contributed by atoms with Crippen molar-refractivity contribution >= 4 is 23.4 Å². The fourth-order valence-electron chi connectivity index (χ4n) is 4.35. The number of hydrogen-bond donors (Lipinski definition) is 1. The zero-order valence-corrected chi connectivity index (χ0v) is 14.7. The largest absolute Gasteiger partial charge is 0.472 e. The quantitative estimate of drug-likeness (QED) is 0.659. The molecule has 2 aromatic heterocycles. The fourth-order valence-corrected chi connectivity index (χ4v) is 4.54. The number of aromatic nitrogens is 2. The zero-order valence-electron chi connectivity index (χ0n) is 13.9. The predicted molar refractivity (Wildman–Crippen MR) is 93.1 cm³/mol. The Bertz CT molecular complexity index is 757. The first-order valence-electron chi connectivity index (χ1n) is 8.57. The van der Waals surface area contributed by atoms with Crippen molar-refractivity contribution in [2.24, 2.45) is 17.8 Å². The maximum absolute atomic E-state index is 12.3. The van der Waals surface area contributed by atoms with Gasteiger partial charge in [-0.1, -0.05) is 0 Å². The van der Waals surface area contributed by atoms with Gasteiger partial charge in [-0.2, -0.15) is 0 Å². The highest BCUT2D eigenvalue weighted by Gasteiger charge is 2.47. The molecule has 2 aromatic rings. The summed E-state index contributed by atoms with van der Waals surface area (Å²) in [6, 6.07) is 3.68. The molecule has 132 valence electrons. The molecular formula is C18H20ClN3O3. The third-order valence-electron chi connectivity index (χ3n) is 5.52. The van der Waals surface area contributed by atoms with Crippen molar-refractivity contribution in [3.05, 3.63) is 29.9 Å². The molecule has 0 radical (unpaired) electrons. The van der Waals surface area contributed by atoms with E-state index in [-0.39, 0.29) is 23.2 Å². The third-order valence-corrected chi connectivity index (χ3v) is 5.69. The molecule has 5 rings (SSSR count). The number of rotatable bonds is 4. The van der Waals surface area contributed by atoms with Gasteiger partial charge in [0.15, 0.2) is 0 Å². The Morgan fingerprint density at radius 2 is 2.04 bits per heavy atom. The van der Waals surface area contributed by atoms with E-state index >= 15 is 0 Å². The first kappa shape index (κ1) is 16.4. The van der Waals surface area contributed by atoms with Crippen LogP contribution >= 0.6 is 11.6 Å². The molecule has 2 atom stereocenters. The molecule has 0 saturated heterocycles. The van der Waals surface area contributed by atoms with Crippen LogP contribution < -0.4 is 5.32 Å². The summed E-state index contributed by atoms with van der Waals surface area (Å²) in [5, 5.41) is 3.62. The van der Waals surface area contributed by atoms with Crippen LogP contribution in [0.3, 0.4) is 0 Å². The SMILES string of the molecule is COC(=O)C1C2CCC(CC2)C1Nc1cc(-c2ccoc2)nc(Cl)n1. The number of halogens is 1. The van der Waals surface area contributed by atoms with Crippen molar-refractivity contribution in [3.63, 3.8) is 0 Å². The number of fused-ring (bicyclic) bond motifs is 3. The molecule has 1 N–H and O–H groups in total. The van der Waals surface area contributed by atoms with Gasteiger partial charge in [-0.3, -0.25) is 4.79 Å². The van der Waals surface area contributed by atoms with Gasteiger partial charge >= 0.3 is 5.97 Å². The number of esters is 1. The molecule has 25 heavy (non-hydrogen) atoms. The molecule has 0 aliphatic heterocycles. The molecule has 6 nitrogen and oxygen atoms in total. The second kappa shape index (κ2) is 6.67. The van der Waals surface area contributed by atoms with E-state index in [1.165, 1.54) is 7.11 Å². The fraction of sp³-hybridized carbons (Fsp3) is 0.500. The highest BCUT2D eigenvalue weighted by molar-refractivity contribution is 6.28. The molecule has 0 spiro atoms. The Kier molecular flexibility index (Phi) is 4.37. The number of carbonyl (C=O) groups excluding carboxylic acids is 1. The molecule has 0 amide bonds. The Balaban J connectivity index is 1.63. The summed E-state index contributed by atoms with van der Waals surface area (Å²) in [5.74, 6) is 1.18. The second-order valence-corrected chi connectivity index (χ2v) is 7.15. The van der Waals surface area contributed by atoms with Crippen LogP contribution in [0.2, 0.25) is 5.28 Å². The Morgan fingerprint density at radius 1 is 1.28 bits per heavy atom. The van der Waals surface area contributed by atoms with Gasteiger partial charge in [-0.05, 0) is 55.2 Å². The van der Waals surface area contributed by atoms with E-state index in [1.807, 2.05) is 12.1 Å². The lowest BCUT2D eigenvalue weighted by Gasteiger charge is -2.47. The van der Waals surface area contributed by atoms with Gasteiger partial charge in [0.1, 0.15) is 5.82 Å². The smallest absolute Gasteiger partial charge is 0.311 e. The minimum Gasteiger partial charge on any atom is -0.472 e. The highest BCUT2D eigenvalue weighted by Crippen LogP contribution is 2.46. The molecular weight excluding hydrogens is 342 g/mol.